The average Bonchev–Trinajstić information content (AvgIpc) is 3.49. The number of rotatable bonds is 11. The van der Waals surface area contributed by atoms with E-state index in [4.69, 9.17) is 4.74 Å². The van der Waals surface area contributed by atoms with Crippen molar-refractivity contribution >= 4 is 29.2 Å². The topological polar surface area (TPSA) is 139 Å². The molecule has 5 rings (SSSR count). The number of benzene rings is 3. The summed E-state index contributed by atoms with van der Waals surface area (Å²) in [6.45, 7) is 6.45. The Hall–Kier alpha value is -4.57. The molecule has 10 heteroatoms. The van der Waals surface area contributed by atoms with E-state index in [2.05, 4.69) is 5.32 Å². The summed E-state index contributed by atoms with van der Waals surface area (Å²) in [7, 11) is 0. The maximum absolute atomic E-state index is 14.4. The molecule has 2 fully saturated rings. The van der Waals surface area contributed by atoms with Crippen LogP contribution in [0.2, 0.25) is 0 Å². The van der Waals surface area contributed by atoms with Gasteiger partial charge in [-0.05, 0) is 53.6 Å². The van der Waals surface area contributed by atoms with E-state index in [-0.39, 0.29) is 12.1 Å². The summed E-state index contributed by atoms with van der Waals surface area (Å²) in [4.78, 5) is 54.0. The zero-order valence-corrected chi connectivity index (χ0v) is 24.4. The van der Waals surface area contributed by atoms with Crippen LogP contribution in [-0.2, 0) is 33.6 Å². The number of nitrogens with zero attached hydrogens (tertiary/aromatic N) is 2. The van der Waals surface area contributed by atoms with Gasteiger partial charge in [-0.3, -0.25) is 29.8 Å². The molecule has 0 bridgehead atoms. The van der Waals surface area contributed by atoms with Crippen molar-refractivity contribution in [3.8, 4) is 5.75 Å². The highest BCUT2D eigenvalue weighted by Gasteiger charge is 2.68. The summed E-state index contributed by atoms with van der Waals surface area (Å²) >= 11 is 0. The monoisotopic (exact) mass is 585 g/mol. The van der Waals surface area contributed by atoms with Crippen LogP contribution in [0.4, 0.5) is 11.4 Å². The highest BCUT2D eigenvalue weighted by atomic mass is 16.6. The Morgan fingerprint density at radius 3 is 2.14 bits per heavy atom. The molecule has 2 aliphatic heterocycles. The number of hydrogen-bond donors (Lipinski definition) is 2. The molecule has 10 nitrogen and oxygen atoms in total. The molecule has 0 saturated carbocycles. The third-order valence-electron chi connectivity index (χ3n) is 8.57. The van der Waals surface area contributed by atoms with E-state index >= 15 is 0 Å². The lowest BCUT2D eigenvalue weighted by Gasteiger charge is -2.32. The van der Waals surface area contributed by atoms with Crippen LogP contribution in [0.15, 0.2) is 66.7 Å². The minimum atomic E-state index is -1.85. The number of aryl methyl sites for hydroxylation is 2. The van der Waals surface area contributed by atoms with Gasteiger partial charge in [0, 0.05) is 24.6 Å². The van der Waals surface area contributed by atoms with E-state index in [1.165, 1.54) is 29.2 Å². The van der Waals surface area contributed by atoms with Gasteiger partial charge in [0.2, 0.25) is 11.8 Å². The zero-order valence-electron chi connectivity index (χ0n) is 24.4. The van der Waals surface area contributed by atoms with Crippen molar-refractivity contribution in [2.45, 2.75) is 58.0 Å². The number of para-hydroxylation sites is 1. The minimum Gasteiger partial charge on any atom is -0.494 e. The van der Waals surface area contributed by atoms with Crippen LogP contribution in [0.5, 0.6) is 5.75 Å². The molecule has 0 spiro atoms. The number of nitro benzene ring substituents is 1. The van der Waals surface area contributed by atoms with Crippen molar-refractivity contribution in [3.63, 3.8) is 0 Å². The SMILES string of the molecule is CCCOc1ccc(C2NC(Cc3ccc([N+](=O)[O-])cc3)(C(=O)O)C3C(=O)N(c4c(CC)cccc4CC)C(=O)C23)cc1. The molecule has 0 radical (unpaired) electrons. The number of imide groups is 1. The number of non-ortho nitro benzene ring substituents is 1. The summed E-state index contributed by atoms with van der Waals surface area (Å²) in [5.74, 6) is -3.83. The fourth-order valence-corrected chi connectivity index (χ4v) is 6.50. The number of hydrogen-bond acceptors (Lipinski definition) is 7. The van der Waals surface area contributed by atoms with Gasteiger partial charge in [-0.15, -0.1) is 0 Å². The molecule has 43 heavy (non-hydrogen) atoms. The van der Waals surface area contributed by atoms with Crippen molar-refractivity contribution in [1.82, 2.24) is 5.32 Å². The first kappa shape index (κ1) is 29.9. The summed E-state index contributed by atoms with van der Waals surface area (Å²) in [6, 6.07) is 17.6. The number of carbonyl (C=O) groups excluding carboxylic acids is 2. The molecule has 4 unspecified atom stereocenters. The van der Waals surface area contributed by atoms with Crippen LogP contribution in [0.25, 0.3) is 0 Å². The maximum Gasteiger partial charge on any atom is 0.325 e. The van der Waals surface area contributed by atoms with E-state index < -0.39 is 46.1 Å². The summed E-state index contributed by atoms with van der Waals surface area (Å²) in [6.07, 6.45) is 1.86. The molecule has 0 aromatic heterocycles. The highest BCUT2D eigenvalue weighted by Crippen LogP contribution is 2.52. The van der Waals surface area contributed by atoms with Gasteiger partial charge in [-0.2, -0.15) is 0 Å². The molecule has 2 saturated heterocycles. The van der Waals surface area contributed by atoms with Crippen LogP contribution >= 0.6 is 0 Å². The fraction of sp³-hybridized carbons (Fsp3) is 0.364. The molecule has 3 aromatic rings. The van der Waals surface area contributed by atoms with Gasteiger partial charge in [0.05, 0.1) is 29.1 Å². The molecular formula is C33H35N3O7. The predicted molar refractivity (Wildman–Crippen MR) is 160 cm³/mol. The minimum absolute atomic E-state index is 0.129. The molecule has 224 valence electrons. The first-order valence-electron chi connectivity index (χ1n) is 14.6. The zero-order chi connectivity index (χ0) is 30.9. The molecule has 4 atom stereocenters. The lowest BCUT2D eigenvalue weighted by Crippen LogP contribution is -2.57. The van der Waals surface area contributed by atoms with E-state index in [0.717, 1.165) is 17.5 Å². The number of ether oxygens (including phenoxy) is 1. The van der Waals surface area contributed by atoms with Crippen LogP contribution < -0.4 is 15.0 Å². The van der Waals surface area contributed by atoms with E-state index in [1.807, 2.05) is 39.0 Å². The van der Waals surface area contributed by atoms with Gasteiger partial charge in [-0.25, -0.2) is 4.90 Å². The van der Waals surface area contributed by atoms with E-state index in [0.29, 0.717) is 42.0 Å². The van der Waals surface area contributed by atoms with Crippen molar-refractivity contribution in [2.24, 2.45) is 11.8 Å². The molecule has 2 amide bonds. The molecule has 2 heterocycles. The number of aliphatic carboxylic acids is 1. The van der Waals surface area contributed by atoms with Gasteiger partial charge in [-0.1, -0.05) is 63.2 Å². The number of fused-ring (bicyclic) bond motifs is 1. The van der Waals surface area contributed by atoms with Crippen molar-refractivity contribution in [3.05, 3.63) is 99.1 Å². The fourth-order valence-electron chi connectivity index (χ4n) is 6.50. The lowest BCUT2D eigenvalue weighted by molar-refractivity contribution is -0.384. The van der Waals surface area contributed by atoms with Gasteiger partial charge in [0.25, 0.3) is 5.69 Å². The van der Waals surface area contributed by atoms with Crippen molar-refractivity contribution in [2.75, 3.05) is 11.5 Å². The first-order chi connectivity index (χ1) is 20.7. The van der Waals surface area contributed by atoms with Crippen LogP contribution in [-0.4, -0.2) is 40.0 Å². The Morgan fingerprint density at radius 2 is 1.60 bits per heavy atom. The number of nitrogens with one attached hydrogen (secondary N) is 1. The van der Waals surface area contributed by atoms with Crippen LogP contribution in [0.3, 0.4) is 0 Å². The van der Waals surface area contributed by atoms with E-state index in [9.17, 15) is 29.6 Å². The number of nitro groups is 1. The van der Waals surface area contributed by atoms with Gasteiger partial charge < -0.3 is 9.84 Å². The number of amides is 2. The summed E-state index contributed by atoms with van der Waals surface area (Å²) in [5, 5.41) is 25.2. The average molecular weight is 586 g/mol. The van der Waals surface area contributed by atoms with E-state index in [1.54, 1.807) is 24.3 Å². The molecule has 2 aliphatic rings. The number of carbonyl (C=O) groups is 3. The second-order valence-corrected chi connectivity index (χ2v) is 11.1. The van der Waals surface area contributed by atoms with Gasteiger partial charge in [0.1, 0.15) is 11.3 Å². The van der Waals surface area contributed by atoms with Gasteiger partial charge in [0.15, 0.2) is 0 Å². The smallest absolute Gasteiger partial charge is 0.325 e. The first-order valence-corrected chi connectivity index (χ1v) is 14.6. The Morgan fingerprint density at radius 1 is 0.977 bits per heavy atom. The molecule has 2 N–H and O–H groups in total. The van der Waals surface area contributed by atoms with Gasteiger partial charge >= 0.3 is 5.97 Å². The molecule has 3 aromatic carbocycles. The van der Waals surface area contributed by atoms with Crippen molar-refractivity contribution < 1.29 is 29.2 Å². The lowest BCUT2D eigenvalue weighted by atomic mass is 9.76. The Bertz CT molecular complexity index is 1530. The molecule has 0 aliphatic carbocycles. The summed E-state index contributed by atoms with van der Waals surface area (Å²) in [5.41, 5.74) is 1.37. The second-order valence-electron chi connectivity index (χ2n) is 11.1. The Labute approximate surface area is 249 Å². The second kappa shape index (κ2) is 12.0. The quantitative estimate of drug-likeness (QED) is 0.182. The van der Waals surface area contributed by atoms with Crippen LogP contribution in [0.1, 0.15) is 55.5 Å². The largest absolute Gasteiger partial charge is 0.494 e. The third-order valence-corrected chi connectivity index (χ3v) is 8.57. The molecular weight excluding hydrogens is 550 g/mol. The normalized spacial score (nSPS) is 23.0. The Kier molecular flexibility index (Phi) is 8.32. The summed E-state index contributed by atoms with van der Waals surface area (Å²) < 4.78 is 5.72. The highest BCUT2D eigenvalue weighted by molar-refractivity contribution is 6.25. The predicted octanol–water partition coefficient (Wildman–Crippen LogP) is 5.02. The third kappa shape index (κ3) is 5.16. The number of carboxylic acid groups (broad SMARTS) is 1. The van der Waals surface area contributed by atoms with Crippen molar-refractivity contribution in [1.29, 1.82) is 0 Å². The standard InChI is InChI=1S/C33H35N3O7/c1-4-18-43-25-16-12-23(13-17-25)28-26-27(31(38)35(30(26)37)29-21(5-2)8-7-9-22(29)6-3)33(34-28,32(39)40)19-20-10-14-24(15-11-20)36(41)42/h7-17,26-28,34H,4-6,18-19H2,1-3H3,(H,39,40). The van der Waals surface area contributed by atoms with Crippen LogP contribution in [0, 0.1) is 22.0 Å². The number of anilines is 1. The number of carboxylic acids is 1. The maximum atomic E-state index is 14.4. The Balaban J connectivity index is 1.64.